The molecular weight excluding hydrogens is 332 g/mol. The van der Waals surface area contributed by atoms with E-state index in [0.29, 0.717) is 13.0 Å². The molecule has 142 valence electrons. The summed E-state index contributed by atoms with van der Waals surface area (Å²) in [6, 6.07) is 0. The van der Waals surface area contributed by atoms with Gasteiger partial charge in [0.1, 0.15) is 5.60 Å². The predicted molar refractivity (Wildman–Crippen MR) is 93.2 cm³/mol. The highest BCUT2D eigenvalue weighted by Crippen LogP contribution is 2.77. The minimum Gasteiger partial charge on any atom is -0.481 e. The molecule has 5 rings (SSSR count). The van der Waals surface area contributed by atoms with Crippen molar-refractivity contribution < 1.29 is 24.2 Å². The summed E-state index contributed by atoms with van der Waals surface area (Å²) in [4.78, 5) is 24.4. The van der Waals surface area contributed by atoms with Crippen LogP contribution >= 0.6 is 0 Å². The Morgan fingerprint density at radius 2 is 2.12 bits per heavy atom. The number of rotatable bonds is 2. The Kier molecular flexibility index (Phi) is 3.05. The summed E-state index contributed by atoms with van der Waals surface area (Å²) in [5, 5.41) is 10.3. The number of carbonyl (C=O) groups is 2. The molecule has 0 aromatic heterocycles. The molecule has 0 aromatic carbocycles. The minimum atomic E-state index is -0.693. The van der Waals surface area contributed by atoms with Crippen molar-refractivity contribution in [1.29, 1.82) is 0 Å². The van der Waals surface area contributed by atoms with Crippen LogP contribution in [0, 0.1) is 34.5 Å². The molecule has 1 saturated heterocycles. The lowest BCUT2D eigenvalue weighted by Gasteiger charge is -2.47. The van der Waals surface area contributed by atoms with Gasteiger partial charge in [0.15, 0.2) is 0 Å². The van der Waals surface area contributed by atoms with Gasteiger partial charge in [-0.2, -0.15) is 0 Å². The van der Waals surface area contributed by atoms with Gasteiger partial charge >= 0.3 is 11.9 Å². The second kappa shape index (κ2) is 4.73. The lowest BCUT2D eigenvalue weighted by molar-refractivity contribution is -0.170. The van der Waals surface area contributed by atoms with E-state index in [0.717, 1.165) is 25.7 Å². The zero-order valence-corrected chi connectivity index (χ0v) is 15.8. The third-order valence-corrected chi connectivity index (χ3v) is 8.74. The molecule has 5 heteroatoms. The summed E-state index contributed by atoms with van der Waals surface area (Å²) >= 11 is 0. The van der Waals surface area contributed by atoms with Crippen LogP contribution < -0.4 is 0 Å². The molecule has 1 N–H and O–H groups in total. The Hall–Kier alpha value is -1.36. The number of hydrogen-bond acceptors (Lipinski definition) is 4. The fourth-order valence-electron chi connectivity index (χ4n) is 8.21. The second-order valence-electron chi connectivity index (χ2n) is 9.91. The Morgan fingerprint density at radius 3 is 2.81 bits per heavy atom. The van der Waals surface area contributed by atoms with Crippen molar-refractivity contribution >= 4 is 11.9 Å². The Labute approximate surface area is 154 Å². The molecule has 26 heavy (non-hydrogen) atoms. The third kappa shape index (κ3) is 1.67. The first kappa shape index (κ1) is 16.8. The summed E-state index contributed by atoms with van der Waals surface area (Å²) in [5.41, 5.74) is -1.37. The summed E-state index contributed by atoms with van der Waals surface area (Å²) in [6.07, 6.45) is 8.45. The average molecular weight is 360 g/mol. The molecule has 5 nitrogen and oxygen atoms in total. The van der Waals surface area contributed by atoms with Crippen LogP contribution in [0.25, 0.3) is 0 Å². The van der Waals surface area contributed by atoms with Crippen molar-refractivity contribution in [1.82, 2.24) is 0 Å². The molecule has 5 aliphatic rings. The van der Waals surface area contributed by atoms with Crippen LogP contribution in [0.5, 0.6) is 0 Å². The van der Waals surface area contributed by atoms with E-state index in [2.05, 4.69) is 26.0 Å². The van der Waals surface area contributed by atoms with Gasteiger partial charge in [-0.3, -0.25) is 9.59 Å². The van der Waals surface area contributed by atoms with Gasteiger partial charge in [-0.25, -0.2) is 0 Å². The van der Waals surface area contributed by atoms with Crippen molar-refractivity contribution in [2.45, 2.75) is 64.1 Å². The maximum Gasteiger partial charge on any atom is 0.307 e. The Morgan fingerprint density at radius 1 is 1.35 bits per heavy atom. The fraction of sp³-hybridized carbons (Fsp3) is 0.810. The molecule has 4 aliphatic carbocycles. The number of carboxylic acids is 1. The monoisotopic (exact) mass is 360 g/mol. The molecule has 0 amide bonds. The standard InChI is InChI=1S/C21H28O5/c1-12-9-19-10-20(12,26-13(2)22)8-5-14(19)21-7-4-6-18(3,11-25-21)16(21)15(19)17(23)24/h4,6,12,14-16H,5,7-11H2,1-3H3,(H,23,24)/t12-,14-,15-,16-,18+,19+,20+,21-/m1/s1. The molecule has 1 heterocycles. The largest absolute Gasteiger partial charge is 0.481 e. The van der Waals surface area contributed by atoms with E-state index in [4.69, 9.17) is 9.47 Å². The van der Waals surface area contributed by atoms with Crippen LogP contribution in [0.15, 0.2) is 12.2 Å². The third-order valence-electron chi connectivity index (χ3n) is 8.74. The van der Waals surface area contributed by atoms with Gasteiger partial charge in [0.25, 0.3) is 0 Å². The van der Waals surface area contributed by atoms with Crippen LogP contribution in [0.4, 0.5) is 0 Å². The summed E-state index contributed by atoms with van der Waals surface area (Å²) in [6.45, 7) is 6.39. The van der Waals surface area contributed by atoms with Gasteiger partial charge in [-0.1, -0.05) is 26.0 Å². The molecule has 1 spiro atoms. The smallest absolute Gasteiger partial charge is 0.307 e. The van der Waals surface area contributed by atoms with E-state index in [-0.39, 0.29) is 40.2 Å². The number of esters is 1. The van der Waals surface area contributed by atoms with Gasteiger partial charge in [-0.05, 0) is 49.4 Å². The molecular formula is C21H28O5. The SMILES string of the molecule is CC(=O)O[C@]12CC[C@@H]3[C@](C[C@H]1C)(C2)[C@@H](C(=O)O)[C@H]1[C@@]32CC=C[C@@]1(C)CO2. The normalized spacial score (nSPS) is 56.1. The number of carboxylic acid groups (broad SMARTS) is 1. The maximum atomic E-state index is 12.6. The number of carbonyl (C=O) groups excluding carboxylic acids is 1. The van der Waals surface area contributed by atoms with Gasteiger partial charge in [-0.15, -0.1) is 0 Å². The van der Waals surface area contributed by atoms with E-state index >= 15 is 0 Å². The van der Waals surface area contributed by atoms with Crippen molar-refractivity contribution in [3.63, 3.8) is 0 Å². The first-order chi connectivity index (χ1) is 12.2. The first-order valence-corrected chi connectivity index (χ1v) is 9.93. The Balaban J connectivity index is 1.67. The predicted octanol–water partition coefficient (Wildman–Crippen LogP) is 3.18. The van der Waals surface area contributed by atoms with Crippen LogP contribution in [0.1, 0.15) is 52.9 Å². The van der Waals surface area contributed by atoms with E-state index in [1.165, 1.54) is 6.92 Å². The first-order valence-electron chi connectivity index (χ1n) is 9.93. The molecule has 0 unspecified atom stereocenters. The van der Waals surface area contributed by atoms with E-state index in [9.17, 15) is 14.7 Å². The quantitative estimate of drug-likeness (QED) is 0.605. The maximum absolute atomic E-state index is 12.6. The van der Waals surface area contributed by atoms with E-state index in [1.54, 1.807) is 0 Å². The molecule has 8 atom stereocenters. The van der Waals surface area contributed by atoms with Crippen molar-refractivity contribution in [2.24, 2.45) is 34.5 Å². The lowest BCUT2D eigenvalue weighted by Crippen LogP contribution is -2.48. The lowest BCUT2D eigenvalue weighted by atomic mass is 9.62. The number of fused-ring (bicyclic) bond motifs is 1. The minimum absolute atomic E-state index is 0.0147. The van der Waals surface area contributed by atoms with Gasteiger partial charge in [0.05, 0.1) is 18.1 Å². The molecule has 0 radical (unpaired) electrons. The number of ether oxygens (including phenoxy) is 2. The van der Waals surface area contributed by atoms with E-state index in [1.807, 2.05) is 0 Å². The fourth-order valence-corrected chi connectivity index (χ4v) is 8.21. The Bertz CT molecular complexity index is 730. The van der Waals surface area contributed by atoms with Gasteiger partial charge < -0.3 is 14.6 Å². The van der Waals surface area contributed by atoms with Crippen molar-refractivity contribution in [2.75, 3.05) is 6.61 Å². The van der Waals surface area contributed by atoms with Crippen LogP contribution in [0.3, 0.4) is 0 Å². The average Bonchev–Trinajstić information content (AvgIpc) is 2.96. The topological polar surface area (TPSA) is 72.8 Å². The van der Waals surface area contributed by atoms with Crippen LogP contribution in [-0.4, -0.2) is 34.9 Å². The zero-order chi connectivity index (χ0) is 18.5. The second-order valence-corrected chi connectivity index (χ2v) is 9.91. The molecule has 3 saturated carbocycles. The molecule has 4 bridgehead atoms. The zero-order valence-electron chi connectivity index (χ0n) is 15.8. The number of aliphatic carboxylic acids is 1. The summed E-state index contributed by atoms with van der Waals surface area (Å²) < 4.78 is 12.4. The molecule has 4 fully saturated rings. The van der Waals surface area contributed by atoms with Gasteiger partial charge in [0, 0.05) is 18.3 Å². The highest BCUT2D eigenvalue weighted by Gasteiger charge is 2.80. The summed E-state index contributed by atoms with van der Waals surface area (Å²) in [7, 11) is 0. The highest BCUT2D eigenvalue weighted by atomic mass is 16.6. The highest BCUT2D eigenvalue weighted by molar-refractivity contribution is 5.74. The van der Waals surface area contributed by atoms with Crippen LogP contribution in [0.2, 0.25) is 0 Å². The summed E-state index contributed by atoms with van der Waals surface area (Å²) in [5.74, 6) is -0.928. The van der Waals surface area contributed by atoms with Crippen molar-refractivity contribution in [3.05, 3.63) is 12.2 Å². The molecule has 0 aromatic rings. The van der Waals surface area contributed by atoms with E-state index < -0.39 is 17.5 Å². The van der Waals surface area contributed by atoms with Crippen molar-refractivity contribution in [3.8, 4) is 0 Å². The molecule has 1 aliphatic heterocycles. The van der Waals surface area contributed by atoms with Crippen LogP contribution in [-0.2, 0) is 19.1 Å². The van der Waals surface area contributed by atoms with Gasteiger partial charge in [0.2, 0.25) is 0 Å². The number of hydrogen-bond donors (Lipinski definition) is 1.